The van der Waals surface area contributed by atoms with Crippen LogP contribution in [0, 0.1) is 0 Å². The summed E-state index contributed by atoms with van der Waals surface area (Å²) in [5, 5.41) is 16.4. The summed E-state index contributed by atoms with van der Waals surface area (Å²) >= 11 is 7.26. The fourth-order valence-electron chi connectivity index (χ4n) is 1.96. The van der Waals surface area contributed by atoms with Gasteiger partial charge >= 0.3 is 0 Å². The fourth-order valence-corrected chi connectivity index (χ4v) is 3.01. The van der Waals surface area contributed by atoms with Crippen LogP contribution in [0.15, 0.2) is 35.3 Å². The minimum atomic E-state index is -0.638. The van der Waals surface area contributed by atoms with Gasteiger partial charge in [0.1, 0.15) is 6.10 Å². The molecule has 6 nitrogen and oxygen atoms in total. The molecule has 0 radical (unpaired) electrons. The molecule has 0 aliphatic rings. The van der Waals surface area contributed by atoms with E-state index in [0.717, 1.165) is 17.1 Å². The van der Waals surface area contributed by atoms with E-state index in [1.807, 2.05) is 25.1 Å². The van der Waals surface area contributed by atoms with Gasteiger partial charge < -0.3 is 20.5 Å². The van der Waals surface area contributed by atoms with Crippen molar-refractivity contribution < 1.29 is 9.84 Å². The van der Waals surface area contributed by atoms with Crippen molar-refractivity contribution >= 4 is 28.9 Å². The molecule has 0 aliphatic carbocycles. The molecule has 2 rings (SSSR count). The molecular weight excluding hydrogens is 348 g/mol. The fraction of sp³-hybridized carbons (Fsp3) is 0.375. The third-order valence-electron chi connectivity index (χ3n) is 3.12. The topological polar surface area (TPSA) is 78.8 Å². The molecule has 0 amide bonds. The Hall–Kier alpha value is -1.83. The summed E-state index contributed by atoms with van der Waals surface area (Å²) in [5.74, 6) is 1.18. The van der Waals surface area contributed by atoms with Crippen LogP contribution in [0.4, 0.5) is 0 Å². The minimum absolute atomic E-state index is 0.341. The third-order valence-corrected chi connectivity index (χ3v) is 4.45. The van der Waals surface area contributed by atoms with E-state index >= 15 is 0 Å². The number of nitrogens with one attached hydrogen (secondary N) is 2. The van der Waals surface area contributed by atoms with Gasteiger partial charge in [0.25, 0.3) is 0 Å². The quantitative estimate of drug-likeness (QED) is 0.517. The van der Waals surface area contributed by atoms with Crippen molar-refractivity contribution in [1.29, 1.82) is 0 Å². The van der Waals surface area contributed by atoms with Crippen LogP contribution in [0.1, 0.15) is 23.6 Å². The van der Waals surface area contributed by atoms with Crippen LogP contribution in [0.25, 0.3) is 0 Å². The molecule has 8 heteroatoms. The zero-order valence-electron chi connectivity index (χ0n) is 13.6. The first kappa shape index (κ1) is 18.5. The largest absolute Gasteiger partial charge is 0.481 e. The Kier molecular flexibility index (Phi) is 7.30. The highest BCUT2D eigenvalue weighted by molar-refractivity contribution is 7.16. The predicted octanol–water partition coefficient (Wildman–Crippen LogP) is 2.59. The predicted molar refractivity (Wildman–Crippen MR) is 97.9 cm³/mol. The number of aliphatic hydroxyl groups is 1. The number of ether oxygens (including phenoxy) is 1. The highest BCUT2D eigenvalue weighted by Gasteiger charge is 2.11. The lowest BCUT2D eigenvalue weighted by molar-refractivity contribution is 0.184. The van der Waals surface area contributed by atoms with Crippen molar-refractivity contribution in [2.45, 2.75) is 19.6 Å². The molecule has 3 N–H and O–H groups in total. The molecule has 0 fully saturated rings. The summed E-state index contributed by atoms with van der Waals surface area (Å²) in [4.78, 5) is 9.61. The van der Waals surface area contributed by atoms with Crippen molar-refractivity contribution in [1.82, 2.24) is 15.6 Å². The Morgan fingerprint density at radius 3 is 2.88 bits per heavy atom. The van der Waals surface area contributed by atoms with Gasteiger partial charge in [0.15, 0.2) is 5.96 Å². The van der Waals surface area contributed by atoms with Crippen molar-refractivity contribution in [2.75, 3.05) is 20.2 Å². The monoisotopic (exact) mass is 368 g/mol. The number of halogens is 1. The molecule has 0 saturated carbocycles. The second-order valence-corrected chi connectivity index (χ2v) is 6.65. The van der Waals surface area contributed by atoms with E-state index in [-0.39, 0.29) is 0 Å². The number of nitrogens with zero attached hydrogens (tertiary/aromatic N) is 2. The summed E-state index contributed by atoms with van der Waals surface area (Å²) in [5.41, 5.74) is 0.803. The van der Waals surface area contributed by atoms with Gasteiger partial charge in [-0.25, -0.2) is 9.98 Å². The van der Waals surface area contributed by atoms with Gasteiger partial charge in [0, 0.05) is 24.0 Å². The molecule has 1 atom stereocenters. The number of hydrogen-bond donors (Lipinski definition) is 3. The normalized spacial score (nSPS) is 12.8. The summed E-state index contributed by atoms with van der Waals surface area (Å²) in [6.07, 6.45) is -0.638. The summed E-state index contributed by atoms with van der Waals surface area (Å²) in [7, 11) is 1.58. The number of aliphatic hydroxyl groups excluding tert-OH is 1. The second kappa shape index (κ2) is 9.46. The van der Waals surface area contributed by atoms with Crippen LogP contribution in [-0.2, 0) is 6.54 Å². The Morgan fingerprint density at radius 2 is 2.21 bits per heavy atom. The van der Waals surface area contributed by atoms with Gasteiger partial charge in [-0.15, -0.1) is 11.3 Å². The highest BCUT2D eigenvalue weighted by Crippen LogP contribution is 2.26. The molecule has 130 valence electrons. The number of hydrogen-bond acceptors (Lipinski definition) is 5. The van der Waals surface area contributed by atoms with Gasteiger partial charge in [0.2, 0.25) is 5.88 Å². The van der Waals surface area contributed by atoms with Crippen molar-refractivity contribution in [3.63, 3.8) is 0 Å². The molecular formula is C16H21ClN4O2S. The van der Waals surface area contributed by atoms with Crippen molar-refractivity contribution in [3.05, 3.63) is 45.2 Å². The molecule has 0 aliphatic heterocycles. The lowest BCUT2D eigenvalue weighted by Crippen LogP contribution is -2.39. The van der Waals surface area contributed by atoms with Crippen molar-refractivity contribution in [3.8, 4) is 5.88 Å². The number of methoxy groups -OCH3 is 1. The summed E-state index contributed by atoms with van der Waals surface area (Å²) in [6.45, 7) is 3.45. The Morgan fingerprint density at radius 1 is 1.38 bits per heavy atom. The molecule has 2 aromatic rings. The Balaban J connectivity index is 1.94. The van der Waals surface area contributed by atoms with Gasteiger partial charge in [-0.1, -0.05) is 17.7 Å². The molecule has 0 saturated heterocycles. The molecule has 2 aromatic heterocycles. The van der Waals surface area contributed by atoms with Gasteiger partial charge in [-0.3, -0.25) is 0 Å². The third kappa shape index (κ3) is 5.67. The molecule has 2 heterocycles. The number of thiophene rings is 1. The maximum absolute atomic E-state index is 10.2. The van der Waals surface area contributed by atoms with Crippen LogP contribution >= 0.6 is 22.9 Å². The number of guanidine groups is 1. The molecule has 1 unspecified atom stereocenters. The number of rotatable bonds is 7. The Labute approximate surface area is 150 Å². The van der Waals surface area contributed by atoms with Gasteiger partial charge in [-0.05, 0) is 25.1 Å². The van der Waals surface area contributed by atoms with E-state index in [1.54, 1.807) is 19.2 Å². The van der Waals surface area contributed by atoms with E-state index < -0.39 is 6.10 Å². The molecule has 0 aromatic carbocycles. The second-order valence-electron chi connectivity index (χ2n) is 4.91. The maximum Gasteiger partial charge on any atom is 0.213 e. The Bertz CT molecular complexity index is 678. The summed E-state index contributed by atoms with van der Waals surface area (Å²) in [6, 6.07) is 9.15. The first-order valence-corrected chi connectivity index (χ1v) is 8.77. The van der Waals surface area contributed by atoms with E-state index in [4.69, 9.17) is 16.3 Å². The number of aliphatic imine (C=N–C) groups is 1. The maximum atomic E-state index is 10.2. The molecule has 24 heavy (non-hydrogen) atoms. The van der Waals surface area contributed by atoms with Crippen LogP contribution in [-0.4, -0.2) is 36.2 Å². The van der Waals surface area contributed by atoms with Crippen molar-refractivity contribution in [2.24, 2.45) is 4.99 Å². The lowest BCUT2D eigenvalue weighted by atomic mass is 10.3. The SMILES string of the molecule is CCNC(=NCc1cccc(OC)n1)NCC(O)c1ccc(Cl)s1. The molecule has 0 spiro atoms. The number of pyridine rings is 1. The standard InChI is InChI=1S/C16H21ClN4O2S/c1-3-18-16(19-9-11-5-4-6-15(21-11)23-2)20-10-12(22)13-7-8-14(17)24-13/h4-8,12,22H,3,9-10H2,1-2H3,(H2,18,19,20). The smallest absolute Gasteiger partial charge is 0.213 e. The van der Waals surface area contributed by atoms with E-state index in [0.29, 0.717) is 29.3 Å². The lowest BCUT2D eigenvalue weighted by Gasteiger charge is -2.14. The minimum Gasteiger partial charge on any atom is -0.481 e. The average Bonchev–Trinajstić information content (AvgIpc) is 3.04. The van der Waals surface area contributed by atoms with Crippen LogP contribution in [0.3, 0.4) is 0 Å². The van der Waals surface area contributed by atoms with Gasteiger partial charge in [-0.2, -0.15) is 0 Å². The van der Waals surface area contributed by atoms with E-state index in [2.05, 4.69) is 20.6 Å². The van der Waals surface area contributed by atoms with E-state index in [1.165, 1.54) is 11.3 Å². The van der Waals surface area contributed by atoms with Crippen LogP contribution in [0.5, 0.6) is 5.88 Å². The van der Waals surface area contributed by atoms with Crippen LogP contribution < -0.4 is 15.4 Å². The van der Waals surface area contributed by atoms with Gasteiger partial charge in [0.05, 0.1) is 23.7 Å². The van der Waals surface area contributed by atoms with E-state index in [9.17, 15) is 5.11 Å². The first-order chi connectivity index (χ1) is 11.6. The zero-order chi connectivity index (χ0) is 17.4. The highest BCUT2D eigenvalue weighted by atomic mass is 35.5. The summed E-state index contributed by atoms with van der Waals surface area (Å²) < 4.78 is 5.77. The average molecular weight is 369 g/mol. The zero-order valence-corrected chi connectivity index (χ0v) is 15.2. The van der Waals surface area contributed by atoms with Crippen LogP contribution in [0.2, 0.25) is 4.34 Å². The first-order valence-electron chi connectivity index (χ1n) is 7.57. The molecule has 0 bridgehead atoms. The number of aromatic nitrogens is 1.